The van der Waals surface area contributed by atoms with Gasteiger partial charge in [-0.05, 0) is 69.3 Å². The van der Waals surface area contributed by atoms with E-state index >= 15 is 8.78 Å². The first-order valence-electron chi connectivity index (χ1n) is 14.6. The number of rotatable bonds is 7. The number of hydrogen-bond donors (Lipinski definition) is 2. The van der Waals surface area contributed by atoms with Gasteiger partial charge in [-0.2, -0.15) is 0 Å². The van der Waals surface area contributed by atoms with Crippen LogP contribution < -0.4 is 15.8 Å². The molecule has 8 nitrogen and oxygen atoms in total. The highest BCUT2D eigenvalue weighted by Gasteiger charge is 2.38. The summed E-state index contributed by atoms with van der Waals surface area (Å²) >= 11 is 0. The minimum absolute atomic E-state index is 0.153. The van der Waals surface area contributed by atoms with E-state index in [4.69, 9.17) is 9.97 Å². The van der Waals surface area contributed by atoms with E-state index in [0.717, 1.165) is 54.2 Å². The quantitative estimate of drug-likeness (QED) is 0.303. The Kier molecular flexibility index (Phi) is 8.34. The van der Waals surface area contributed by atoms with Crippen LogP contribution in [0, 0.1) is 26.7 Å². The largest absolute Gasteiger partial charge is 0.354 e. The number of likely N-dealkylation sites (N-methyl/N-ethyl adjacent to an activating group) is 1. The summed E-state index contributed by atoms with van der Waals surface area (Å²) in [6.07, 6.45) is 1.88. The van der Waals surface area contributed by atoms with E-state index in [0.29, 0.717) is 22.3 Å². The molecule has 4 heterocycles. The van der Waals surface area contributed by atoms with Crippen LogP contribution in [0.25, 0.3) is 22.0 Å². The van der Waals surface area contributed by atoms with Crippen molar-refractivity contribution in [2.45, 2.75) is 47.1 Å². The molecule has 2 N–H and O–H groups in total. The van der Waals surface area contributed by atoms with Gasteiger partial charge in [-0.25, -0.2) is 13.8 Å². The Bertz CT molecular complexity index is 1720. The second-order valence-corrected chi connectivity index (χ2v) is 11.8. The van der Waals surface area contributed by atoms with E-state index in [9.17, 15) is 9.59 Å². The summed E-state index contributed by atoms with van der Waals surface area (Å²) in [5.41, 5.74) is 3.57. The number of fused-ring (bicyclic) bond motifs is 1. The number of halogens is 2. The molecule has 5 rings (SSSR count). The number of nitrogens with zero attached hydrogens (tertiary/aromatic N) is 4. The molecule has 1 saturated heterocycles. The normalized spacial score (nSPS) is 14.5. The summed E-state index contributed by atoms with van der Waals surface area (Å²) in [4.78, 5) is 42.7. The van der Waals surface area contributed by atoms with Crippen molar-refractivity contribution < 1.29 is 13.6 Å². The number of H-pyrrole nitrogens is 1. The lowest BCUT2D eigenvalue weighted by atomic mass is 9.93. The van der Waals surface area contributed by atoms with Gasteiger partial charge in [0.2, 0.25) is 0 Å². The zero-order valence-electron chi connectivity index (χ0n) is 25.5. The smallest absolute Gasteiger partial charge is 0.276 e. The number of pyridine rings is 3. The molecule has 0 radical (unpaired) electrons. The maximum atomic E-state index is 15.0. The maximum Gasteiger partial charge on any atom is 0.276 e. The topological polar surface area (TPSA) is 94.2 Å². The lowest BCUT2D eigenvalue weighted by Gasteiger charge is -2.33. The van der Waals surface area contributed by atoms with Crippen LogP contribution in [-0.4, -0.2) is 59.0 Å². The highest BCUT2D eigenvalue weighted by atomic mass is 19.3. The number of carbonyl (C=O) groups excluding carboxylic acids is 1. The van der Waals surface area contributed by atoms with Gasteiger partial charge < -0.3 is 20.1 Å². The Morgan fingerprint density at radius 3 is 2.44 bits per heavy atom. The first-order chi connectivity index (χ1) is 20.4. The fourth-order valence-corrected chi connectivity index (χ4v) is 5.57. The number of benzene rings is 1. The number of anilines is 1. The zero-order valence-corrected chi connectivity index (χ0v) is 25.5. The molecule has 0 atom stereocenters. The van der Waals surface area contributed by atoms with Crippen LogP contribution in [0.2, 0.25) is 0 Å². The predicted octanol–water partition coefficient (Wildman–Crippen LogP) is 5.34. The number of hydrogen-bond acceptors (Lipinski definition) is 6. The molecule has 1 aromatic carbocycles. The van der Waals surface area contributed by atoms with E-state index in [1.165, 1.54) is 19.9 Å². The zero-order chi connectivity index (χ0) is 31.1. The second kappa shape index (κ2) is 11.8. The molecule has 3 aromatic heterocycles. The molecule has 1 aliphatic rings. The molecule has 0 bridgehead atoms. The van der Waals surface area contributed by atoms with Gasteiger partial charge in [0.15, 0.2) is 0 Å². The van der Waals surface area contributed by atoms with Gasteiger partial charge in [0.1, 0.15) is 5.82 Å². The van der Waals surface area contributed by atoms with Crippen LogP contribution in [-0.2, 0) is 12.5 Å². The predicted molar refractivity (Wildman–Crippen MR) is 166 cm³/mol. The van der Waals surface area contributed by atoms with Crippen LogP contribution in [0.3, 0.4) is 0 Å². The van der Waals surface area contributed by atoms with Gasteiger partial charge >= 0.3 is 0 Å². The van der Waals surface area contributed by atoms with Crippen LogP contribution in [0.15, 0.2) is 47.4 Å². The average Bonchev–Trinajstić information content (AvgIpc) is 2.96. The van der Waals surface area contributed by atoms with Crippen molar-refractivity contribution in [2.24, 2.45) is 5.92 Å². The Balaban J connectivity index is 1.43. The molecule has 43 heavy (non-hydrogen) atoms. The number of aromatic amines is 1. The molecule has 1 fully saturated rings. The van der Waals surface area contributed by atoms with E-state index in [1.807, 2.05) is 38.2 Å². The molecule has 226 valence electrons. The van der Waals surface area contributed by atoms with Gasteiger partial charge in [-0.3, -0.25) is 14.6 Å². The van der Waals surface area contributed by atoms with Crippen molar-refractivity contribution in [1.29, 1.82) is 0 Å². The van der Waals surface area contributed by atoms with Crippen molar-refractivity contribution >= 4 is 22.6 Å². The summed E-state index contributed by atoms with van der Waals surface area (Å²) in [5.74, 6) is -3.77. The Hall–Kier alpha value is -4.18. The molecular weight excluding hydrogens is 550 g/mol. The summed E-state index contributed by atoms with van der Waals surface area (Å²) < 4.78 is 30.1. The molecule has 1 aliphatic heterocycles. The van der Waals surface area contributed by atoms with Gasteiger partial charge in [-0.15, -0.1) is 0 Å². The number of aromatic nitrogens is 3. The summed E-state index contributed by atoms with van der Waals surface area (Å²) in [6, 6.07) is 11.0. The molecular formula is C33H38F2N6O2. The monoisotopic (exact) mass is 588 g/mol. The number of amides is 1. The average molecular weight is 589 g/mol. The Morgan fingerprint density at radius 2 is 1.79 bits per heavy atom. The lowest BCUT2D eigenvalue weighted by Crippen LogP contribution is -2.44. The molecule has 0 spiro atoms. The molecule has 1 amide bonds. The van der Waals surface area contributed by atoms with Crippen LogP contribution in [0.4, 0.5) is 14.6 Å². The fraction of sp³-hybridized carbons (Fsp3) is 0.394. The highest BCUT2D eigenvalue weighted by Crippen LogP contribution is 2.37. The van der Waals surface area contributed by atoms with E-state index in [1.54, 1.807) is 13.0 Å². The molecule has 0 aliphatic carbocycles. The van der Waals surface area contributed by atoms with E-state index in [-0.39, 0.29) is 17.7 Å². The van der Waals surface area contributed by atoms with Crippen molar-refractivity contribution in [3.05, 3.63) is 86.6 Å². The maximum absolute atomic E-state index is 15.0. The van der Waals surface area contributed by atoms with Gasteiger partial charge in [0, 0.05) is 83.9 Å². The standard InChI is InChI=1S/C33H38F2N6O2/c1-19(2)33(34,35)28-16-21(4)39-32(43)27(28)18-37-31(42)24-8-9-25-26(15-20(3)38-30(25)22(24)5)23-7-10-29(36-17-23)41-13-11-40(6)12-14-41/h7-10,15-17,19H,11-14,18H2,1-6H3,(H,37,42)(H,39,43). The first-order valence-corrected chi connectivity index (χ1v) is 14.6. The van der Waals surface area contributed by atoms with Crippen LogP contribution >= 0.6 is 0 Å². The summed E-state index contributed by atoms with van der Waals surface area (Å²) in [5, 5.41) is 3.57. The number of piperazine rings is 1. The SMILES string of the molecule is Cc1cc(-c2ccc(N3CCN(C)CC3)nc2)c2ccc(C(=O)NCc3c(C(F)(F)C(C)C)cc(C)[nH]c3=O)c(C)c2n1. The number of carbonyl (C=O) groups is 1. The number of aryl methyl sites for hydroxylation is 3. The third kappa shape index (κ3) is 6.01. The van der Waals surface area contributed by atoms with Crippen LogP contribution in [0.1, 0.15) is 52.3 Å². The highest BCUT2D eigenvalue weighted by molar-refractivity contribution is 6.04. The third-order valence-electron chi connectivity index (χ3n) is 8.27. The van der Waals surface area contributed by atoms with Crippen molar-refractivity contribution in [1.82, 2.24) is 25.2 Å². The molecule has 4 aromatic rings. The first kappa shape index (κ1) is 30.3. The minimum Gasteiger partial charge on any atom is -0.354 e. The summed E-state index contributed by atoms with van der Waals surface area (Å²) in [6.45, 7) is 11.6. The van der Waals surface area contributed by atoms with Crippen molar-refractivity contribution in [3.63, 3.8) is 0 Å². The summed E-state index contributed by atoms with van der Waals surface area (Å²) in [7, 11) is 2.12. The van der Waals surface area contributed by atoms with E-state index < -0.39 is 23.3 Å². The molecule has 0 unspecified atom stereocenters. The lowest BCUT2D eigenvalue weighted by molar-refractivity contribution is -0.0524. The van der Waals surface area contributed by atoms with Crippen molar-refractivity contribution in [2.75, 3.05) is 38.1 Å². The molecule has 0 saturated carbocycles. The number of nitrogens with one attached hydrogen (secondary N) is 2. The minimum atomic E-state index is -3.23. The Morgan fingerprint density at radius 1 is 1.07 bits per heavy atom. The van der Waals surface area contributed by atoms with Crippen LogP contribution in [0.5, 0.6) is 0 Å². The third-order valence-corrected chi connectivity index (χ3v) is 8.27. The van der Waals surface area contributed by atoms with Gasteiger partial charge in [0.25, 0.3) is 17.4 Å². The van der Waals surface area contributed by atoms with Crippen molar-refractivity contribution in [3.8, 4) is 11.1 Å². The van der Waals surface area contributed by atoms with E-state index in [2.05, 4.69) is 33.2 Å². The van der Waals surface area contributed by atoms with Gasteiger partial charge in [-0.1, -0.05) is 19.9 Å². The second-order valence-electron chi connectivity index (χ2n) is 11.8. The number of alkyl halides is 2. The van der Waals surface area contributed by atoms with Gasteiger partial charge in [0.05, 0.1) is 5.52 Å². The molecule has 10 heteroatoms. The fourth-order valence-electron chi connectivity index (χ4n) is 5.57. The Labute approximate surface area is 250 Å².